The van der Waals surface area contributed by atoms with Gasteiger partial charge < -0.3 is 19.9 Å². The zero-order valence-corrected chi connectivity index (χ0v) is 34.4. The predicted octanol–water partition coefficient (Wildman–Crippen LogP) is 5.53. The minimum atomic E-state index is -4.87. The number of nitriles is 1. The smallest absolute Gasteiger partial charge is 0.378 e. The molecule has 326 valence electrons. The number of pyridine rings is 1. The van der Waals surface area contributed by atoms with Gasteiger partial charge in [0, 0.05) is 50.9 Å². The minimum absolute atomic E-state index is 0. The molecule has 4 amide bonds. The number of hydrogen-bond donors (Lipinski definition) is 2. The standard InChI is InChI=1S/C39H44F6N8O5S.ClH/c1-37(2)35(57)52(26-18-29(38(40,41)42)30(19-46)47-20-26)36(59)53(37)25-8-10-27(11-9-25)58-17-3-14-50-15-16-51(31(21-50)39(43,44)45)22-33(55)48-24-6-4-23(5-7-24)28-12-13-32(54)49-34(28)56;/h4-7,18,20,25,27-28,31H,3,8-17,21-22H2,1-2H3,(H,48,55)(H,49,54,56);1H/t25?,27?,28?,31-;/m1./s1. The van der Waals surface area contributed by atoms with Crippen molar-refractivity contribution in [2.75, 3.05) is 49.5 Å². The maximum Gasteiger partial charge on any atom is 0.419 e. The summed E-state index contributed by atoms with van der Waals surface area (Å²) in [7, 11) is 0. The Morgan fingerprint density at radius 2 is 1.73 bits per heavy atom. The monoisotopic (exact) mass is 886 g/mol. The zero-order chi connectivity index (χ0) is 42.9. The molecule has 4 heterocycles. The Balaban J connectivity index is 0.00000683. The molecule has 0 radical (unpaired) electrons. The number of aromatic nitrogens is 1. The number of piperazine rings is 1. The fourth-order valence-electron chi connectivity index (χ4n) is 8.32. The molecule has 1 aromatic carbocycles. The van der Waals surface area contributed by atoms with Gasteiger partial charge >= 0.3 is 12.4 Å². The Kier molecular flexibility index (Phi) is 14.5. The van der Waals surface area contributed by atoms with E-state index < -0.39 is 65.4 Å². The number of nitrogens with one attached hydrogen (secondary N) is 2. The van der Waals surface area contributed by atoms with E-state index in [4.69, 9.17) is 22.2 Å². The van der Waals surface area contributed by atoms with Gasteiger partial charge in [0.25, 0.3) is 5.91 Å². The highest BCUT2D eigenvalue weighted by molar-refractivity contribution is 7.80. The van der Waals surface area contributed by atoms with Crippen LogP contribution in [0.1, 0.15) is 81.5 Å². The summed E-state index contributed by atoms with van der Waals surface area (Å²) < 4.78 is 89.7. The van der Waals surface area contributed by atoms with Crippen molar-refractivity contribution in [1.29, 1.82) is 5.26 Å². The molecule has 1 aliphatic carbocycles. The number of nitrogens with zero attached hydrogens (tertiary/aromatic N) is 6. The third kappa shape index (κ3) is 10.4. The van der Waals surface area contributed by atoms with Gasteiger partial charge in [-0.3, -0.25) is 34.3 Å². The number of thiocarbonyl (C=S) groups is 1. The average Bonchev–Trinajstić information content (AvgIpc) is 3.35. The maximum absolute atomic E-state index is 14.2. The van der Waals surface area contributed by atoms with Crippen LogP contribution in [0.25, 0.3) is 0 Å². The van der Waals surface area contributed by atoms with Crippen LogP contribution >= 0.6 is 24.6 Å². The molecule has 2 aromatic rings. The van der Waals surface area contributed by atoms with Crippen LogP contribution in [0.2, 0.25) is 0 Å². The molecule has 13 nitrogen and oxygen atoms in total. The number of carbonyl (C=O) groups excluding carboxylic acids is 4. The fourth-order valence-corrected chi connectivity index (χ4v) is 8.88. The van der Waals surface area contributed by atoms with Crippen molar-refractivity contribution >= 4 is 64.7 Å². The van der Waals surface area contributed by atoms with Gasteiger partial charge in [0.15, 0.2) is 10.8 Å². The molecule has 0 spiro atoms. The van der Waals surface area contributed by atoms with E-state index in [9.17, 15) is 45.5 Å². The van der Waals surface area contributed by atoms with Gasteiger partial charge in [0.05, 0.1) is 36.0 Å². The summed E-state index contributed by atoms with van der Waals surface area (Å²) in [6.45, 7) is 3.55. The lowest BCUT2D eigenvalue weighted by Crippen LogP contribution is -2.60. The first-order chi connectivity index (χ1) is 27.8. The summed E-state index contributed by atoms with van der Waals surface area (Å²) in [5.74, 6) is -2.36. The molecular weight excluding hydrogens is 842 g/mol. The van der Waals surface area contributed by atoms with Crippen LogP contribution in [0, 0.1) is 11.3 Å². The molecule has 6 rings (SSSR count). The lowest BCUT2D eigenvalue weighted by atomic mass is 9.89. The first-order valence-corrected chi connectivity index (χ1v) is 19.7. The lowest BCUT2D eigenvalue weighted by molar-refractivity contribution is -0.197. The Labute approximate surface area is 354 Å². The molecular formula is C39H45ClF6N8O5S. The van der Waals surface area contributed by atoms with Crippen LogP contribution in [0.5, 0.6) is 0 Å². The summed E-state index contributed by atoms with van der Waals surface area (Å²) in [4.78, 5) is 59.3. The first-order valence-electron chi connectivity index (χ1n) is 19.3. The van der Waals surface area contributed by atoms with Crippen molar-refractivity contribution in [1.82, 2.24) is 25.0 Å². The van der Waals surface area contributed by atoms with Crippen LogP contribution in [0.4, 0.5) is 37.7 Å². The number of amides is 4. The number of anilines is 2. The van der Waals surface area contributed by atoms with Crippen molar-refractivity contribution in [2.24, 2.45) is 0 Å². The van der Waals surface area contributed by atoms with E-state index in [-0.39, 0.29) is 60.8 Å². The molecule has 4 fully saturated rings. The van der Waals surface area contributed by atoms with Gasteiger partial charge in [0.2, 0.25) is 17.7 Å². The van der Waals surface area contributed by atoms with Crippen molar-refractivity contribution in [3.63, 3.8) is 0 Å². The summed E-state index contributed by atoms with van der Waals surface area (Å²) in [6, 6.07) is 6.51. The summed E-state index contributed by atoms with van der Waals surface area (Å²) in [5.41, 5.74) is -2.39. The minimum Gasteiger partial charge on any atom is -0.378 e. The van der Waals surface area contributed by atoms with Gasteiger partial charge in [0.1, 0.15) is 17.6 Å². The highest BCUT2D eigenvalue weighted by atomic mass is 35.5. The lowest BCUT2D eigenvalue weighted by Gasteiger charge is -2.42. The molecule has 3 saturated heterocycles. The van der Waals surface area contributed by atoms with Crippen LogP contribution in [-0.4, -0.2) is 118 Å². The average molecular weight is 887 g/mol. The van der Waals surface area contributed by atoms with Gasteiger partial charge in [-0.2, -0.15) is 31.6 Å². The van der Waals surface area contributed by atoms with Gasteiger partial charge in [-0.05, 0) is 88.4 Å². The van der Waals surface area contributed by atoms with Crippen molar-refractivity contribution < 1.29 is 50.3 Å². The molecule has 1 unspecified atom stereocenters. The molecule has 21 heteroatoms. The Morgan fingerprint density at radius 1 is 1.05 bits per heavy atom. The largest absolute Gasteiger partial charge is 0.419 e. The number of benzene rings is 1. The first kappa shape index (κ1) is 46.6. The van der Waals surface area contributed by atoms with E-state index in [1.807, 2.05) is 0 Å². The normalized spacial score (nSPS) is 24.2. The second-order valence-electron chi connectivity index (χ2n) is 15.7. The van der Waals surface area contributed by atoms with Gasteiger partial charge in [-0.15, -0.1) is 12.4 Å². The molecule has 4 aliphatic rings. The van der Waals surface area contributed by atoms with Gasteiger partial charge in [-0.25, -0.2) is 4.98 Å². The van der Waals surface area contributed by atoms with Crippen molar-refractivity contribution in [2.45, 2.75) is 101 Å². The maximum atomic E-state index is 14.2. The molecule has 2 N–H and O–H groups in total. The molecule has 1 saturated carbocycles. The number of piperidine rings is 1. The highest BCUT2D eigenvalue weighted by Gasteiger charge is 2.53. The SMILES string of the molecule is CC1(C)C(=O)N(c2cnc(C#N)c(C(F)(F)F)c2)C(=S)N1C1CCC(OCCCN2CCN(CC(=O)Nc3ccc(C4CCC(=O)NC4=O)cc3)[C@@H](C(F)(F)F)C2)CC1.Cl. The summed E-state index contributed by atoms with van der Waals surface area (Å²) >= 11 is 5.65. The van der Waals surface area contributed by atoms with Crippen molar-refractivity contribution in [3.05, 3.63) is 53.3 Å². The Morgan fingerprint density at radius 3 is 2.35 bits per heavy atom. The number of carbonyl (C=O) groups is 4. The predicted molar refractivity (Wildman–Crippen MR) is 212 cm³/mol. The zero-order valence-electron chi connectivity index (χ0n) is 32.8. The molecule has 0 bridgehead atoms. The topological polar surface area (TPSA) is 151 Å². The third-order valence-corrected chi connectivity index (χ3v) is 11.8. The number of imide groups is 1. The third-order valence-electron chi connectivity index (χ3n) is 11.4. The quantitative estimate of drug-likeness (QED) is 0.127. The van der Waals surface area contributed by atoms with E-state index in [0.717, 1.165) is 16.0 Å². The van der Waals surface area contributed by atoms with Crippen LogP contribution in [0.3, 0.4) is 0 Å². The fraction of sp³-hybridized carbons (Fsp3) is 0.564. The summed E-state index contributed by atoms with van der Waals surface area (Å²) in [6.07, 6.45) is -5.14. The molecule has 60 heavy (non-hydrogen) atoms. The number of ether oxygens (including phenoxy) is 1. The van der Waals surface area contributed by atoms with Crippen molar-refractivity contribution in [3.8, 4) is 6.07 Å². The molecule has 1 aromatic heterocycles. The number of hydrogen-bond acceptors (Lipinski definition) is 10. The number of halogens is 7. The molecule has 3 aliphatic heterocycles. The summed E-state index contributed by atoms with van der Waals surface area (Å²) in [5, 5.41) is 14.1. The number of rotatable bonds is 11. The van der Waals surface area contributed by atoms with Crippen LogP contribution in [0.15, 0.2) is 36.5 Å². The van der Waals surface area contributed by atoms with E-state index in [1.165, 1.54) is 6.07 Å². The second kappa shape index (κ2) is 18.7. The molecule has 2 atom stereocenters. The van der Waals surface area contributed by atoms with Crippen LogP contribution < -0.4 is 15.5 Å². The van der Waals surface area contributed by atoms with Gasteiger partial charge in [-0.1, -0.05) is 12.1 Å². The number of alkyl halides is 6. The van der Waals surface area contributed by atoms with E-state index >= 15 is 0 Å². The van der Waals surface area contributed by atoms with Crippen LogP contribution in [-0.2, 0) is 30.1 Å². The Hall–Kier alpha value is -4.42. The highest BCUT2D eigenvalue weighted by Crippen LogP contribution is 2.40. The Bertz CT molecular complexity index is 1990. The van der Waals surface area contributed by atoms with E-state index in [2.05, 4.69) is 15.6 Å². The van der Waals surface area contributed by atoms with E-state index in [0.29, 0.717) is 75.5 Å². The van der Waals surface area contributed by atoms with E-state index in [1.54, 1.807) is 47.9 Å². The second-order valence-corrected chi connectivity index (χ2v) is 16.1.